The molecule has 31 heavy (non-hydrogen) atoms. The molecule has 158 valence electrons. The van der Waals surface area contributed by atoms with Gasteiger partial charge in [0.05, 0.1) is 18.1 Å². The number of benzene rings is 3. The number of carbonyl (C=O) groups is 2. The molecule has 2 N–H and O–H groups in total. The Labute approximate surface area is 179 Å². The van der Waals surface area contributed by atoms with E-state index in [1.165, 1.54) is 12.1 Å². The summed E-state index contributed by atoms with van der Waals surface area (Å²) in [5.74, 6) is -1.19. The molecule has 3 aromatic rings. The topological polar surface area (TPSA) is 75.6 Å². The molecule has 0 aliphatic heterocycles. The van der Waals surface area contributed by atoms with Gasteiger partial charge in [0.15, 0.2) is 0 Å². The van der Waals surface area contributed by atoms with Crippen molar-refractivity contribution in [1.82, 2.24) is 0 Å². The fraction of sp³-hybridized carbons (Fsp3) is 0.200. The molecule has 3 aromatic carbocycles. The van der Waals surface area contributed by atoms with E-state index in [0.29, 0.717) is 16.8 Å². The number of nitrogens with one attached hydrogen (secondary N) is 1. The number of hydrogen-bond acceptors (Lipinski definition) is 3. The Morgan fingerprint density at radius 1 is 1.03 bits per heavy atom. The quantitative estimate of drug-likeness (QED) is 0.577. The van der Waals surface area contributed by atoms with Crippen LogP contribution in [0.4, 0.5) is 10.1 Å². The molecule has 0 aromatic heterocycles. The van der Waals surface area contributed by atoms with Crippen molar-refractivity contribution in [2.75, 3.05) is 12.4 Å². The van der Waals surface area contributed by atoms with Gasteiger partial charge >= 0.3 is 5.97 Å². The molecule has 0 spiro atoms. The maximum atomic E-state index is 14.0. The van der Waals surface area contributed by atoms with Gasteiger partial charge in [-0.2, -0.15) is 0 Å². The lowest BCUT2D eigenvalue weighted by Crippen LogP contribution is -2.27. The van der Waals surface area contributed by atoms with Crippen LogP contribution < -0.4 is 10.1 Å². The second kappa shape index (κ2) is 7.87. The summed E-state index contributed by atoms with van der Waals surface area (Å²) < 4.78 is 19.2. The molecule has 5 nitrogen and oxygen atoms in total. The molecule has 0 radical (unpaired) electrons. The van der Waals surface area contributed by atoms with Crippen LogP contribution in [0.25, 0.3) is 11.1 Å². The summed E-state index contributed by atoms with van der Waals surface area (Å²) in [6.45, 7) is 1.85. The molecule has 1 amide bonds. The van der Waals surface area contributed by atoms with E-state index in [2.05, 4.69) is 5.32 Å². The van der Waals surface area contributed by atoms with E-state index in [-0.39, 0.29) is 11.5 Å². The van der Waals surface area contributed by atoms with Gasteiger partial charge in [0.1, 0.15) is 11.6 Å². The summed E-state index contributed by atoms with van der Waals surface area (Å²) in [6, 6.07) is 16.6. The first-order chi connectivity index (χ1) is 14.8. The number of amides is 1. The summed E-state index contributed by atoms with van der Waals surface area (Å²) in [4.78, 5) is 24.4. The predicted octanol–water partition coefficient (Wildman–Crippen LogP) is 5.18. The standard InChI is InChI=1S/C25H22FNO4/c1-15-3-6-20(14-22(15)16-11-17(23(28)29)13-19(26)12-16)27-24(30)25(9-10-25)18-4-7-21(31-2)8-5-18/h3-8,11-14H,9-10H2,1-2H3,(H,27,30)(H,28,29). The molecular weight excluding hydrogens is 397 g/mol. The molecule has 1 fully saturated rings. The monoisotopic (exact) mass is 419 g/mol. The first-order valence-corrected chi connectivity index (χ1v) is 9.93. The molecular formula is C25H22FNO4. The van der Waals surface area contributed by atoms with Crippen LogP contribution in [0.3, 0.4) is 0 Å². The summed E-state index contributed by atoms with van der Waals surface area (Å²) in [5, 5.41) is 12.2. The smallest absolute Gasteiger partial charge is 0.335 e. The molecule has 0 unspecified atom stereocenters. The lowest BCUT2D eigenvalue weighted by Gasteiger charge is -2.17. The first-order valence-electron chi connectivity index (χ1n) is 9.93. The van der Waals surface area contributed by atoms with E-state index in [0.717, 1.165) is 35.8 Å². The van der Waals surface area contributed by atoms with Crippen molar-refractivity contribution >= 4 is 17.6 Å². The van der Waals surface area contributed by atoms with Gasteiger partial charge in [-0.25, -0.2) is 9.18 Å². The van der Waals surface area contributed by atoms with Crippen molar-refractivity contribution in [2.24, 2.45) is 0 Å². The Bertz CT molecular complexity index is 1170. The van der Waals surface area contributed by atoms with Gasteiger partial charge in [-0.15, -0.1) is 0 Å². The molecule has 0 heterocycles. The lowest BCUT2D eigenvalue weighted by molar-refractivity contribution is -0.118. The minimum absolute atomic E-state index is 0.0991. The number of aryl methyl sites for hydroxylation is 1. The Morgan fingerprint density at radius 3 is 2.35 bits per heavy atom. The number of aromatic carboxylic acids is 1. The van der Waals surface area contributed by atoms with Crippen LogP contribution in [-0.2, 0) is 10.2 Å². The Kier molecular flexibility index (Phi) is 5.23. The number of hydrogen-bond donors (Lipinski definition) is 2. The average molecular weight is 419 g/mol. The first kappa shape index (κ1) is 20.6. The van der Waals surface area contributed by atoms with Gasteiger partial charge in [0.2, 0.25) is 5.91 Å². The summed E-state index contributed by atoms with van der Waals surface area (Å²) >= 11 is 0. The Balaban J connectivity index is 1.62. The van der Waals surface area contributed by atoms with E-state index in [9.17, 15) is 19.1 Å². The molecule has 0 bridgehead atoms. The molecule has 1 aliphatic rings. The SMILES string of the molecule is COc1ccc(C2(C(=O)Nc3ccc(C)c(-c4cc(F)cc(C(=O)O)c4)c3)CC2)cc1. The number of halogens is 1. The largest absolute Gasteiger partial charge is 0.497 e. The van der Waals surface area contributed by atoms with Crippen molar-refractivity contribution in [1.29, 1.82) is 0 Å². The fourth-order valence-corrected chi connectivity index (χ4v) is 3.81. The molecule has 1 aliphatic carbocycles. The number of rotatable bonds is 6. The van der Waals surface area contributed by atoms with Gasteiger partial charge in [0, 0.05) is 5.69 Å². The van der Waals surface area contributed by atoms with Gasteiger partial charge in [-0.1, -0.05) is 18.2 Å². The highest BCUT2D eigenvalue weighted by Crippen LogP contribution is 2.49. The van der Waals surface area contributed by atoms with Crippen LogP contribution in [0.5, 0.6) is 5.75 Å². The minimum Gasteiger partial charge on any atom is -0.497 e. The third kappa shape index (κ3) is 4.01. The molecule has 6 heteroatoms. The zero-order valence-corrected chi connectivity index (χ0v) is 17.2. The highest BCUT2D eigenvalue weighted by Gasteiger charge is 2.51. The number of methoxy groups -OCH3 is 1. The van der Waals surface area contributed by atoms with Crippen molar-refractivity contribution < 1.29 is 23.8 Å². The third-order valence-corrected chi connectivity index (χ3v) is 5.78. The zero-order chi connectivity index (χ0) is 22.2. The number of ether oxygens (including phenoxy) is 1. The number of carbonyl (C=O) groups excluding carboxylic acids is 1. The van der Waals surface area contributed by atoms with E-state index < -0.39 is 17.2 Å². The Hall–Kier alpha value is -3.67. The lowest BCUT2D eigenvalue weighted by atomic mass is 9.94. The van der Waals surface area contributed by atoms with Crippen LogP contribution in [0.15, 0.2) is 60.7 Å². The number of carboxylic acid groups (broad SMARTS) is 1. The van der Waals surface area contributed by atoms with Crippen LogP contribution in [0.1, 0.15) is 34.3 Å². The van der Waals surface area contributed by atoms with Gasteiger partial charge in [-0.3, -0.25) is 4.79 Å². The van der Waals surface area contributed by atoms with Crippen LogP contribution in [0, 0.1) is 12.7 Å². The summed E-state index contributed by atoms with van der Waals surface area (Å²) in [7, 11) is 1.60. The average Bonchev–Trinajstić information content (AvgIpc) is 3.57. The van der Waals surface area contributed by atoms with Gasteiger partial charge in [-0.05, 0) is 84.5 Å². The van der Waals surface area contributed by atoms with Crippen molar-refractivity contribution in [2.45, 2.75) is 25.2 Å². The van der Waals surface area contributed by atoms with E-state index in [1.807, 2.05) is 37.3 Å². The summed E-state index contributed by atoms with van der Waals surface area (Å²) in [6.07, 6.45) is 1.52. The molecule has 0 atom stereocenters. The van der Waals surface area contributed by atoms with Gasteiger partial charge in [0.25, 0.3) is 0 Å². The number of anilines is 1. The zero-order valence-electron chi connectivity index (χ0n) is 17.2. The normalized spacial score (nSPS) is 14.0. The van der Waals surface area contributed by atoms with E-state index >= 15 is 0 Å². The Morgan fingerprint density at radius 2 is 1.74 bits per heavy atom. The van der Waals surface area contributed by atoms with E-state index in [1.54, 1.807) is 19.2 Å². The molecule has 4 rings (SSSR count). The molecule has 1 saturated carbocycles. The predicted molar refractivity (Wildman–Crippen MR) is 116 cm³/mol. The van der Waals surface area contributed by atoms with Gasteiger partial charge < -0.3 is 15.2 Å². The van der Waals surface area contributed by atoms with Crippen molar-refractivity contribution in [3.63, 3.8) is 0 Å². The summed E-state index contributed by atoms with van der Waals surface area (Å²) in [5.41, 5.74) is 2.78. The van der Waals surface area contributed by atoms with Crippen molar-refractivity contribution in [3.05, 3.63) is 83.2 Å². The maximum absolute atomic E-state index is 14.0. The van der Waals surface area contributed by atoms with Crippen LogP contribution in [-0.4, -0.2) is 24.1 Å². The highest BCUT2D eigenvalue weighted by atomic mass is 19.1. The highest BCUT2D eigenvalue weighted by molar-refractivity contribution is 6.02. The second-order valence-corrected chi connectivity index (χ2v) is 7.83. The second-order valence-electron chi connectivity index (χ2n) is 7.83. The van der Waals surface area contributed by atoms with Crippen LogP contribution >= 0.6 is 0 Å². The van der Waals surface area contributed by atoms with E-state index in [4.69, 9.17) is 4.74 Å². The minimum atomic E-state index is -1.20. The third-order valence-electron chi connectivity index (χ3n) is 5.78. The maximum Gasteiger partial charge on any atom is 0.335 e. The van der Waals surface area contributed by atoms with Crippen LogP contribution in [0.2, 0.25) is 0 Å². The van der Waals surface area contributed by atoms with Crippen molar-refractivity contribution in [3.8, 4) is 16.9 Å². The number of carboxylic acids is 1. The molecule has 0 saturated heterocycles. The fourth-order valence-electron chi connectivity index (χ4n) is 3.81.